The summed E-state index contributed by atoms with van der Waals surface area (Å²) in [6.07, 6.45) is 7.02. The monoisotopic (exact) mass is 419 g/mol. The second-order valence-electron chi connectivity index (χ2n) is 6.50. The van der Waals surface area contributed by atoms with Crippen molar-refractivity contribution >= 4 is 44.0 Å². The summed E-state index contributed by atoms with van der Waals surface area (Å²) in [5, 5.41) is 8.73. The van der Waals surface area contributed by atoms with E-state index < -0.39 is 0 Å². The molecule has 0 bridgehead atoms. The first-order chi connectivity index (χ1) is 13.1. The maximum Gasteiger partial charge on any atom is 0.211 e. The largest absolute Gasteiger partial charge is 0.359 e. The molecule has 6 nitrogen and oxygen atoms in total. The average Bonchev–Trinajstić information content (AvgIpc) is 3.11. The predicted molar refractivity (Wildman–Crippen MR) is 107 cm³/mol. The van der Waals surface area contributed by atoms with Crippen LogP contribution in [0, 0.1) is 0 Å². The van der Waals surface area contributed by atoms with Crippen LogP contribution in [0.25, 0.3) is 16.6 Å². The number of rotatable bonds is 2. The molecule has 5 rings (SSSR count). The predicted octanol–water partition coefficient (Wildman–Crippen LogP) is 4.34. The van der Waals surface area contributed by atoms with E-state index in [1.807, 2.05) is 25.1 Å². The van der Waals surface area contributed by atoms with Crippen molar-refractivity contribution < 1.29 is 4.79 Å². The number of anilines is 1. The normalized spacial score (nSPS) is 16.1. The molecule has 1 unspecified atom stereocenters. The fourth-order valence-electron chi connectivity index (χ4n) is 3.49. The number of fused-ring (bicyclic) bond motifs is 4. The average molecular weight is 420 g/mol. The number of carbonyl (C=O) groups excluding carboxylic acids is 1. The lowest BCUT2D eigenvalue weighted by Gasteiger charge is -2.24. The number of allylic oxidation sites excluding steroid dienone is 1. The Balaban J connectivity index is 1.56. The molecule has 1 aromatic carbocycles. The molecule has 1 N–H and O–H groups in total. The van der Waals surface area contributed by atoms with Crippen molar-refractivity contribution in [1.82, 2.24) is 19.6 Å². The number of halogens is 1. The Bertz CT molecular complexity index is 1260. The lowest BCUT2D eigenvalue weighted by atomic mass is 9.86. The molecular weight excluding hydrogens is 406 g/mol. The molecule has 27 heavy (non-hydrogen) atoms. The van der Waals surface area contributed by atoms with Crippen molar-refractivity contribution in [2.75, 3.05) is 5.32 Å². The quantitative estimate of drug-likeness (QED) is 0.489. The van der Waals surface area contributed by atoms with Gasteiger partial charge in [0, 0.05) is 47.7 Å². The number of Topliss-reactive ketones (excluding diaryl/α,β-unsaturated/α-hetero) is 1. The first-order valence-electron chi connectivity index (χ1n) is 8.51. The second kappa shape index (κ2) is 5.99. The van der Waals surface area contributed by atoms with Crippen LogP contribution < -0.4 is 5.32 Å². The van der Waals surface area contributed by atoms with E-state index in [9.17, 15) is 4.79 Å². The van der Waals surface area contributed by atoms with Gasteiger partial charge in [0.05, 0.1) is 15.7 Å². The lowest BCUT2D eigenvalue weighted by molar-refractivity contribution is 0.102. The molecular formula is C20H14BrN5O. The Kier molecular flexibility index (Phi) is 3.58. The number of ketones is 1. The summed E-state index contributed by atoms with van der Waals surface area (Å²) in [5.41, 5.74) is 4.60. The third-order valence-corrected chi connectivity index (χ3v) is 5.30. The highest BCUT2D eigenvalue weighted by atomic mass is 79.9. The van der Waals surface area contributed by atoms with Gasteiger partial charge in [-0.25, -0.2) is 9.50 Å². The summed E-state index contributed by atoms with van der Waals surface area (Å²) in [6.45, 7) is 2.03. The number of pyridine rings is 1. The minimum atomic E-state index is -0.108. The number of hydrogen-bond donors (Lipinski definition) is 1. The summed E-state index contributed by atoms with van der Waals surface area (Å²) < 4.78 is 2.40. The zero-order chi connectivity index (χ0) is 18.5. The van der Waals surface area contributed by atoms with Gasteiger partial charge in [-0.2, -0.15) is 5.10 Å². The van der Waals surface area contributed by atoms with Gasteiger partial charge in [-0.1, -0.05) is 25.1 Å². The van der Waals surface area contributed by atoms with Gasteiger partial charge in [0.1, 0.15) is 5.69 Å². The van der Waals surface area contributed by atoms with E-state index in [1.165, 1.54) is 0 Å². The molecule has 0 saturated carbocycles. The Morgan fingerprint density at radius 1 is 1.26 bits per heavy atom. The van der Waals surface area contributed by atoms with Gasteiger partial charge in [0.15, 0.2) is 5.65 Å². The van der Waals surface area contributed by atoms with E-state index in [0.717, 1.165) is 26.6 Å². The molecule has 0 aliphatic carbocycles. The Labute approximate surface area is 163 Å². The number of carbonyl (C=O) groups is 1. The van der Waals surface area contributed by atoms with Gasteiger partial charge in [0.2, 0.25) is 5.78 Å². The summed E-state index contributed by atoms with van der Waals surface area (Å²) in [6, 6.07) is 9.75. The lowest BCUT2D eigenvalue weighted by Crippen LogP contribution is -2.17. The van der Waals surface area contributed by atoms with E-state index in [-0.39, 0.29) is 11.7 Å². The molecule has 7 heteroatoms. The van der Waals surface area contributed by atoms with E-state index in [1.54, 1.807) is 35.4 Å². The maximum absolute atomic E-state index is 13.1. The van der Waals surface area contributed by atoms with Crippen LogP contribution >= 0.6 is 15.9 Å². The molecule has 132 valence electrons. The molecule has 4 aromatic rings. The third kappa shape index (κ3) is 2.54. The smallest absolute Gasteiger partial charge is 0.211 e. The summed E-state index contributed by atoms with van der Waals surface area (Å²) in [7, 11) is 0. The Morgan fingerprint density at radius 2 is 2.15 bits per heavy atom. The van der Waals surface area contributed by atoms with Crippen molar-refractivity contribution in [3.8, 4) is 0 Å². The fraction of sp³-hybridized carbons (Fsp3) is 0.100. The van der Waals surface area contributed by atoms with Gasteiger partial charge in [-0.15, -0.1) is 0 Å². The highest BCUT2D eigenvalue weighted by molar-refractivity contribution is 9.10. The zero-order valence-electron chi connectivity index (χ0n) is 14.3. The van der Waals surface area contributed by atoms with Crippen molar-refractivity contribution in [1.29, 1.82) is 0 Å². The van der Waals surface area contributed by atoms with Crippen molar-refractivity contribution in [2.45, 2.75) is 12.8 Å². The maximum atomic E-state index is 13.1. The topological polar surface area (TPSA) is 72.2 Å². The SMILES string of the molecule is CC1C(C(=O)c2cc3ncc(Br)cn3n2)=CNc2c1ccc1cccnc21. The number of nitrogens with one attached hydrogen (secondary N) is 1. The van der Waals surface area contributed by atoms with E-state index in [0.29, 0.717) is 16.9 Å². The third-order valence-electron chi connectivity index (χ3n) is 4.89. The minimum absolute atomic E-state index is 0.0651. The van der Waals surface area contributed by atoms with Crippen molar-refractivity contribution in [2.24, 2.45) is 0 Å². The first-order valence-corrected chi connectivity index (χ1v) is 9.31. The van der Waals surface area contributed by atoms with Crippen LogP contribution in [0.15, 0.2) is 65.2 Å². The van der Waals surface area contributed by atoms with Crippen LogP contribution in [0.5, 0.6) is 0 Å². The van der Waals surface area contributed by atoms with Gasteiger partial charge in [-0.05, 0) is 27.6 Å². The summed E-state index contributed by atoms with van der Waals surface area (Å²) in [4.78, 5) is 21.9. The summed E-state index contributed by atoms with van der Waals surface area (Å²) >= 11 is 3.37. The molecule has 0 fully saturated rings. The molecule has 0 amide bonds. The molecule has 4 heterocycles. The van der Waals surface area contributed by atoms with Crippen LogP contribution in [0.4, 0.5) is 5.69 Å². The van der Waals surface area contributed by atoms with E-state index in [2.05, 4.69) is 42.4 Å². The molecule has 3 aromatic heterocycles. The zero-order valence-corrected chi connectivity index (χ0v) is 15.9. The molecule has 0 spiro atoms. The van der Waals surface area contributed by atoms with Crippen LogP contribution in [-0.4, -0.2) is 25.4 Å². The summed E-state index contributed by atoms with van der Waals surface area (Å²) in [5.74, 6) is -0.173. The van der Waals surface area contributed by atoms with Crippen molar-refractivity contribution in [3.63, 3.8) is 0 Å². The number of aromatic nitrogens is 4. The number of nitrogens with zero attached hydrogens (tertiary/aromatic N) is 4. The molecule has 1 aliphatic rings. The highest BCUT2D eigenvalue weighted by Gasteiger charge is 2.28. The van der Waals surface area contributed by atoms with Crippen LogP contribution in [0.1, 0.15) is 28.9 Å². The molecule has 1 atom stereocenters. The van der Waals surface area contributed by atoms with Crippen LogP contribution in [0.3, 0.4) is 0 Å². The van der Waals surface area contributed by atoms with Crippen LogP contribution in [0.2, 0.25) is 0 Å². The van der Waals surface area contributed by atoms with Gasteiger partial charge in [-0.3, -0.25) is 9.78 Å². The molecule has 0 radical (unpaired) electrons. The standard InChI is InChI=1S/C20H14BrN5O/c1-11-14-5-4-12-3-2-6-22-18(12)19(14)24-9-15(11)20(27)16-7-17-23-8-13(21)10-26(17)25-16/h2-11,24H,1H3. The van der Waals surface area contributed by atoms with Gasteiger partial charge < -0.3 is 5.32 Å². The number of hydrogen-bond acceptors (Lipinski definition) is 5. The van der Waals surface area contributed by atoms with E-state index >= 15 is 0 Å². The Hall–Kier alpha value is -3.06. The first kappa shape index (κ1) is 16.1. The minimum Gasteiger partial charge on any atom is -0.359 e. The van der Waals surface area contributed by atoms with Gasteiger partial charge in [0.25, 0.3) is 0 Å². The van der Waals surface area contributed by atoms with Crippen molar-refractivity contribution in [3.05, 3.63) is 76.4 Å². The van der Waals surface area contributed by atoms with E-state index in [4.69, 9.17) is 0 Å². The Morgan fingerprint density at radius 3 is 3.04 bits per heavy atom. The fourth-order valence-corrected chi connectivity index (χ4v) is 3.79. The second-order valence-corrected chi connectivity index (χ2v) is 7.42. The number of benzene rings is 1. The highest BCUT2D eigenvalue weighted by Crippen LogP contribution is 2.38. The molecule has 0 saturated heterocycles. The van der Waals surface area contributed by atoms with Gasteiger partial charge >= 0.3 is 0 Å². The van der Waals surface area contributed by atoms with Crippen LogP contribution in [-0.2, 0) is 0 Å². The molecule has 1 aliphatic heterocycles.